The van der Waals surface area contributed by atoms with Gasteiger partial charge in [0.15, 0.2) is 5.82 Å². The molecule has 17 heteroatoms. The van der Waals surface area contributed by atoms with E-state index in [1.165, 1.54) is 0 Å². The highest BCUT2D eigenvalue weighted by atomic mass is 32.1. The van der Waals surface area contributed by atoms with Gasteiger partial charge in [0.05, 0.1) is 23.3 Å². The summed E-state index contributed by atoms with van der Waals surface area (Å²) in [6.45, 7) is 2.78. The van der Waals surface area contributed by atoms with Crippen LogP contribution in [0.25, 0.3) is 32.1 Å². The number of hydrogen-bond donors (Lipinski definition) is 2. The molecule has 0 unspecified atom stereocenters. The second-order valence-electron chi connectivity index (χ2n) is 13.7. The number of nitrogen functional groups attached to an aromatic ring is 1. The highest BCUT2D eigenvalue weighted by molar-refractivity contribution is 7.23. The van der Waals surface area contributed by atoms with Crippen LogP contribution in [0.3, 0.4) is 0 Å². The maximum absolute atomic E-state index is 16.9. The third-order valence-electron chi connectivity index (χ3n) is 10.1. The standard InChI is InChI=1S/C33H31F8N7OS/c1-32(12-47(2)6-5-18(32)28(37)38)13-49-31-45-27-16(30(46-31)48-10-14-3-4-15(11-48)44-14)7-19(34)23(26(27)36)24-22-17(9-42)29(43)50-21(22)8-20(35)25(24)33(39,40)41/h7-8,14-15,18,28,44H,3-6,10-13,43H2,1-2H3/t14-,15+,18-,32+/m1/s1. The van der Waals surface area contributed by atoms with Gasteiger partial charge in [-0.1, -0.05) is 6.92 Å². The summed E-state index contributed by atoms with van der Waals surface area (Å²) < 4.78 is 126. The fraction of sp³-hybridized carbons (Fsp3) is 0.485. The molecule has 5 heterocycles. The number of aromatic nitrogens is 2. The monoisotopic (exact) mass is 725 g/mol. The predicted molar refractivity (Wildman–Crippen MR) is 172 cm³/mol. The number of nitrogens with one attached hydrogen (secondary N) is 1. The Hall–Kier alpha value is -4.01. The molecule has 0 radical (unpaired) electrons. The summed E-state index contributed by atoms with van der Waals surface area (Å²) in [6.07, 6.45) is -6.23. The van der Waals surface area contributed by atoms with E-state index in [-0.39, 0.29) is 52.6 Å². The van der Waals surface area contributed by atoms with E-state index < -0.39 is 80.6 Å². The number of fused-ring (bicyclic) bond motifs is 4. The Morgan fingerprint density at radius 1 is 1.10 bits per heavy atom. The normalized spacial score (nSPS) is 24.4. The highest BCUT2D eigenvalue weighted by Gasteiger charge is 2.45. The zero-order valence-electron chi connectivity index (χ0n) is 26.8. The van der Waals surface area contributed by atoms with E-state index in [0.717, 1.165) is 18.9 Å². The lowest BCUT2D eigenvalue weighted by Crippen LogP contribution is -2.51. The van der Waals surface area contributed by atoms with E-state index in [1.54, 1.807) is 24.9 Å². The van der Waals surface area contributed by atoms with Crippen molar-refractivity contribution in [1.82, 2.24) is 20.2 Å². The lowest BCUT2D eigenvalue weighted by Gasteiger charge is -2.44. The number of likely N-dealkylation sites (tertiary alicyclic amines) is 1. The average Bonchev–Trinajstić information content (AvgIpc) is 3.54. The minimum Gasteiger partial charge on any atom is -0.463 e. The van der Waals surface area contributed by atoms with Gasteiger partial charge in [0.25, 0.3) is 0 Å². The Kier molecular flexibility index (Phi) is 8.50. The molecule has 3 saturated heterocycles. The summed E-state index contributed by atoms with van der Waals surface area (Å²) in [5.74, 6) is -5.86. The van der Waals surface area contributed by atoms with Crippen LogP contribution in [-0.4, -0.2) is 73.2 Å². The molecular formula is C33H31F8N7OS. The molecule has 2 aromatic heterocycles. The molecular weight excluding hydrogens is 694 g/mol. The molecule has 3 fully saturated rings. The maximum atomic E-state index is 16.9. The molecule has 3 aliphatic heterocycles. The predicted octanol–water partition coefficient (Wildman–Crippen LogP) is 6.94. The molecule has 50 heavy (non-hydrogen) atoms. The number of thiophene rings is 1. The highest BCUT2D eigenvalue weighted by Crippen LogP contribution is 2.50. The number of alkyl halides is 5. The summed E-state index contributed by atoms with van der Waals surface area (Å²) in [5.41, 5.74) is -0.789. The molecule has 2 bridgehead atoms. The fourth-order valence-electron chi connectivity index (χ4n) is 7.88. The Labute approximate surface area is 284 Å². The number of nitrogens with two attached hydrogens (primary N) is 1. The number of nitrogens with zero attached hydrogens (tertiary/aromatic N) is 5. The Bertz CT molecular complexity index is 2040. The minimum absolute atomic E-state index is 0.0314. The molecule has 3 aliphatic rings. The van der Waals surface area contributed by atoms with E-state index in [9.17, 15) is 27.2 Å². The van der Waals surface area contributed by atoms with Crippen molar-refractivity contribution in [3.8, 4) is 23.2 Å². The Morgan fingerprint density at radius 2 is 1.80 bits per heavy atom. The Balaban J connectivity index is 1.45. The van der Waals surface area contributed by atoms with Crippen molar-refractivity contribution < 1.29 is 39.9 Å². The number of hydrogen-bond acceptors (Lipinski definition) is 9. The molecule has 2 aromatic carbocycles. The van der Waals surface area contributed by atoms with Gasteiger partial charge in [-0.3, -0.25) is 0 Å². The van der Waals surface area contributed by atoms with Crippen molar-refractivity contribution in [3.63, 3.8) is 0 Å². The quantitative estimate of drug-likeness (QED) is 0.206. The van der Waals surface area contributed by atoms with Crippen LogP contribution in [-0.2, 0) is 6.18 Å². The number of anilines is 2. The van der Waals surface area contributed by atoms with Gasteiger partial charge in [-0.2, -0.15) is 28.4 Å². The van der Waals surface area contributed by atoms with Crippen LogP contribution in [0.1, 0.15) is 37.3 Å². The first-order chi connectivity index (χ1) is 23.6. The Morgan fingerprint density at radius 3 is 2.44 bits per heavy atom. The first kappa shape index (κ1) is 34.4. The third-order valence-corrected chi connectivity index (χ3v) is 11.1. The molecule has 0 saturated carbocycles. The number of halogens is 8. The molecule has 266 valence electrons. The molecule has 4 atom stereocenters. The van der Waals surface area contributed by atoms with Crippen LogP contribution in [0.4, 0.5) is 45.9 Å². The number of rotatable bonds is 6. The van der Waals surface area contributed by atoms with Crippen molar-refractivity contribution in [1.29, 1.82) is 5.26 Å². The smallest absolute Gasteiger partial charge is 0.419 e. The molecule has 0 aliphatic carbocycles. The van der Waals surface area contributed by atoms with E-state index in [2.05, 4.69) is 15.3 Å². The summed E-state index contributed by atoms with van der Waals surface area (Å²) in [6, 6.07) is 2.61. The number of piperazine rings is 1. The van der Waals surface area contributed by atoms with Gasteiger partial charge in [0.1, 0.15) is 34.0 Å². The van der Waals surface area contributed by atoms with Gasteiger partial charge in [0, 0.05) is 64.1 Å². The molecule has 3 N–H and O–H groups in total. The van der Waals surface area contributed by atoms with Gasteiger partial charge in [-0.25, -0.2) is 22.0 Å². The second kappa shape index (κ2) is 12.3. The fourth-order valence-corrected chi connectivity index (χ4v) is 8.84. The zero-order chi connectivity index (χ0) is 35.9. The van der Waals surface area contributed by atoms with E-state index in [0.29, 0.717) is 37.0 Å². The van der Waals surface area contributed by atoms with E-state index in [1.807, 2.05) is 4.90 Å². The van der Waals surface area contributed by atoms with E-state index >= 15 is 13.2 Å². The first-order valence-electron chi connectivity index (χ1n) is 15.9. The van der Waals surface area contributed by atoms with Crippen molar-refractivity contribution in [2.75, 3.05) is 50.5 Å². The summed E-state index contributed by atoms with van der Waals surface area (Å²) in [5, 5.41) is 12.2. The first-order valence-corrected chi connectivity index (χ1v) is 16.7. The minimum atomic E-state index is -5.44. The second-order valence-corrected chi connectivity index (χ2v) is 14.7. The molecule has 7 rings (SSSR count). The number of piperidine rings is 1. The van der Waals surface area contributed by atoms with Gasteiger partial charge in [-0.05, 0) is 45.0 Å². The van der Waals surface area contributed by atoms with Crippen LogP contribution in [0, 0.1) is 40.1 Å². The van der Waals surface area contributed by atoms with Crippen molar-refractivity contribution >= 4 is 43.1 Å². The molecule has 0 amide bonds. The van der Waals surface area contributed by atoms with Crippen LogP contribution in [0.2, 0.25) is 0 Å². The van der Waals surface area contributed by atoms with Crippen LogP contribution < -0.4 is 20.7 Å². The SMILES string of the molecule is CN1CC[C@H](C(F)F)[C@](C)(COc2nc(N3C[C@H]4CC[C@@H](C3)N4)c3cc(F)c(-c4c(C(F)(F)F)c(F)cc5sc(N)c(C#N)c45)c(F)c3n2)C1. The number of nitriles is 1. The summed E-state index contributed by atoms with van der Waals surface area (Å²) >= 11 is 0.601. The lowest BCUT2D eigenvalue weighted by atomic mass is 9.73. The number of ether oxygens (including phenoxy) is 1. The largest absolute Gasteiger partial charge is 0.463 e. The molecule has 0 spiro atoms. The summed E-state index contributed by atoms with van der Waals surface area (Å²) in [4.78, 5) is 12.3. The van der Waals surface area contributed by atoms with Gasteiger partial charge in [0.2, 0.25) is 6.43 Å². The van der Waals surface area contributed by atoms with Crippen molar-refractivity contribution in [2.45, 2.75) is 50.9 Å². The summed E-state index contributed by atoms with van der Waals surface area (Å²) in [7, 11) is 1.78. The van der Waals surface area contributed by atoms with Crippen LogP contribution >= 0.6 is 11.3 Å². The lowest BCUT2D eigenvalue weighted by molar-refractivity contribution is -0.139. The van der Waals surface area contributed by atoms with Crippen molar-refractivity contribution in [2.24, 2.45) is 11.3 Å². The van der Waals surface area contributed by atoms with Crippen molar-refractivity contribution in [3.05, 3.63) is 40.7 Å². The van der Waals surface area contributed by atoms with Gasteiger partial charge in [-0.15, -0.1) is 11.3 Å². The topological polar surface area (TPSA) is 103 Å². The third kappa shape index (κ3) is 5.74. The molecule has 8 nitrogen and oxygen atoms in total. The maximum Gasteiger partial charge on any atom is 0.419 e. The van der Waals surface area contributed by atoms with Gasteiger partial charge < -0.3 is 25.6 Å². The van der Waals surface area contributed by atoms with Crippen LogP contribution in [0.5, 0.6) is 6.01 Å². The van der Waals surface area contributed by atoms with E-state index in [4.69, 9.17) is 10.5 Å². The van der Waals surface area contributed by atoms with Gasteiger partial charge >= 0.3 is 12.2 Å². The van der Waals surface area contributed by atoms with Crippen LogP contribution in [0.15, 0.2) is 12.1 Å². The zero-order valence-corrected chi connectivity index (χ0v) is 27.6. The average molecular weight is 726 g/mol. The molecule has 4 aromatic rings. The number of benzene rings is 2.